The Morgan fingerprint density at radius 2 is 2.43 bits per heavy atom. The molecule has 4 heterocycles. The van der Waals surface area contributed by atoms with Crippen molar-refractivity contribution >= 4 is 11.3 Å². The van der Waals surface area contributed by atoms with Crippen LogP contribution in [-0.4, -0.2) is 53.0 Å². The van der Waals surface area contributed by atoms with Crippen molar-refractivity contribution in [3.8, 4) is 0 Å². The standard InChI is InChI=1S/C17H23N3O2S/c1-2-16(23-7-1)10-19-5-6-21-13-17(12-19)8-15(11-22-17)9-20-4-3-18-14-20/h1-4,7,14-15H,5-6,8-13H2/t15-,17+/m0/s1. The van der Waals surface area contributed by atoms with Crippen LogP contribution >= 0.6 is 11.3 Å². The molecule has 2 aliphatic heterocycles. The maximum Gasteiger partial charge on any atom is 0.104 e. The first-order chi connectivity index (χ1) is 11.3. The number of rotatable bonds is 4. The van der Waals surface area contributed by atoms with E-state index in [0.29, 0.717) is 12.5 Å². The highest BCUT2D eigenvalue weighted by Crippen LogP contribution is 2.34. The smallest absolute Gasteiger partial charge is 0.104 e. The summed E-state index contributed by atoms with van der Waals surface area (Å²) in [5, 5.41) is 2.15. The maximum absolute atomic E-state index is 6.28. The molecule has 2 fully saturated rings. The molecule has 0 radical (unpaired) electrons. The highest BCUT2D eigenvalue weighted by Gasteiger charge is 2.43. The fraction of sp³-hybridized carbons (Fsp3) is 0.588. The molecule has 2 aliphatic rings. The third-order valence-corrected chi connectivity index (χ3v) is 5.56. The van der Waals surface area contributed by atoms with Crippen molar-refractivity contribution in [2.45, 2.75) is 25.1 Å². The average molecular weight is 333 g/mol. The Morgan fingerprint density at radius 1 is 1.43 bits per heavy atom. The number of ether oxygens (including phenoxy) is 2. The summed E-state index contributed by atoms with van der Waals surface area (Å²) in [4.78, 5) is 8.02. The van der Waals surface area contributed by atoms with Crippen LogP contribution in [0.4, 0.5) is 0 Å². The average Bonchev–Trinajstić information content (AvgIpc) is 3.25. The Morgan fingerprint density at radius 3 is 3.26 bits per heavy atom. The van der Waals surface area contributed by atoms with E-state index in [-0.39, 0.29) is 5.60 Å². The van der Waals surface area contributed by atoms with E-state index >= 15 is 0 Å². The molecule has 6 heteroatoms. The molecule has 2 atom stereocenters. The topological polar surface area (TPSA) is 39.5 Å². The van der Waals surface area contributed by atoms with Crippen molar-refractivity contribution < 1.29 is 9.47 Å². The van der Waals surface area contributed by atoms with Crippen LogP contribution in [0.2, 0.25) is 0 Å². The van der Waals surface area contributed by atoms with Crippen molar-refractivity contribution in [3.05, 3.63) is 41.1 Å². The van der Waals surface area contributed by atoms with E-state index in [1.807, 2.05) is 30.1 Å². The molecule has 0 saturated carbocycles. The summed E-state index contributed by atoms with van der Waals surface area (Å²) in [7, 11) is 0. The van der Waals surface area contributed by atoms with Crippen molar-refractivity contribution in [1.82, 2.24) is 14.5 Å². The third kappa shape index (κ3) is 3.66. The van der Waals surface area contributed by atoms with Crippen molar-refractivity contribution in [2.24, 2.45) is 5.92 Å². The van der Waals surface area contributed by atoms with Gasteiger partial charge in [-0.1, -0.05) is 6.07 Å². The molecule has 0 aromatic carbocycles. The van der Waals surface area contributed by atoms with Crippen LogP contribution in [-0.2, 0) is 22.6 Å². The lowest BCUT2D eigenvalue weighted by molar-refractivity contribution is -0.0562. The van der Waals surface area contributed by atoms with Gasteiger partial charge < -0.3 is 14.0 Å². The molecule has 0 N–H and O–H groups in total. The first-order valence-electron chi connectivity index (χ1n) is 8.24. The van der Waals surface area contributed by atoms with Crippen molar-refractivity contribution in [1.29, 1.82) is 0 Å². The van der Waals surface area contributed by atoms with Gasteiger partial charge in [0.1, 0.15) is 5.60 Å². The fourth-order valence-electron chi connectivity index (χ4n) is 3.70. The molecule has 0 aliphatic carbocycles. The molecule has 0 bridgehead atoms. The third-order valence-electron chi connectivity index (χ3n) is 4.70. The molecule has 2 aromatic heterocycles. The minimum Gasteiger partial charge on any atom is -0.377 e. The van der Waals surface area contributed by atoms with E-state index in [9.17, 15) is 0 Å². The molecular formula is C17H23N3O2S. The summed E-state index contributed by atoms with van der Waals surface area (Å²) in [5.41, 5.74) is -0.140. The van der Waals surface area contributed by atoms with Gasteiger partial charge in [-0.3, -0.25) is 4.90 Å². The summed E-state index contributed by atoms with van der Waals surface area (Å²) in [5.74, 6) is 0.537. The zero-order valence-corrected chi connectivity index (χ0v) is 14.1. The van der Waals surface area contributed by atoms with E-state index in [1.54, 1.807) is 0 Å². The highest BCUT2D eigenvalue weighted by atomic mass is 32.1. The Balaban J connectivity index is 1.40. The normalized spacial score (nSPS) is 29.1. The van der Waals surface area contributed by atoms with E-state index in [1.165, 1.54) is 4.88 Å². The number of thiophene rings is 1. The number of hydrogen-bond acceptors (Lipinski definition) is 5. The Labute approximate surface area is 140 Å². The van der Waals surface area contributed by atoms with Crippen molar-refractivity contribution in [2.75, 3.05) is 32.9 Å². The quantitative estimate of drug-likeness (QED) is 0.860. The van der Waals surface area contributed by atoms with E-state index < -0.39 is 0 Å². The number of hydrogen-bond donors (Lipinski definition) is 0. The fourth-order valence-corrected chi connectivity index (χ4v) is 4.45. The SMILES string of the molecule is c1csc(CN2CCOC[C@@]3(C[C@@H](Cn4ccnc4)CO3)C2)c1. The summed E-state index contributed by atoms with van der Waals surface area (Å²) in [6.45, 7) is 6.25. The highest BCUT2D eigenvalue weighted by molar-refractivity contribution is 7.09. The van der Waals surface area contributed by atoms with E-state index in [4.69, 9.17) is 9.47 Å². The molecule has 2 saturated heterocycles. The summed E-state index contributed by atoms with van der Waals surface area (Å²) in [6, 6.07) is 4.33. The first kappa shape index (κ1) is 15.3. The van der Waals surface area contributed by atoms with Gasteiger partial charge in [-0.25, -0.2) is 4.98 Å². The molecule has 0 amide bonds. The maximum atomic E-state index is 6.28. The molecule has 2 aromatic rings. The Hall–Kier alpha value is -1.21. The van der Waals surface area contributed by atoms with Crippen molar-refractivity contribution in [3.63, 3.8) is 0 Å². The van der Waals surface area contributed by atoms with Gasteiger partial charge >= 0.3 is 0 Å². The van der Waals surface area contributed by atoms with Crippen LogP contribution in [0.3, 0.4) is 0 Å². The second kappa shape index (κ2) is 6.73. The van der Waals surface area contributed by atoms with E-state index in [0.717, 1.165) is 45.8 Å². The Bertz CT molecular complexity index is 601. The van der Waals surface area contributed by atoms with Gasteiger partial charge in [-0.15, -0.1) is 11.3 Å². The molecule has 1 spiro atoms. The number of imidazole rings is 1. The molecule has 124 valence electrons. The van der Waals surface area contributed by atoms with Gasteiger partial charge in [0.25, 0.3) is 0 Å². The zero-order chi connectivity index (χ0) is 15.5. The van der Waals surface area contributed by atoms with Gasteiger partial charge in [0.15, 0.2) is 0 Å². The minimum absolute atomic E-state index is 0.140. The van der Waals surface area contributed by atoms with Crippen LogP contribution in [0.5, 0.6) is 0 Å². The predicted molar refractivity (Wildman–Crippen MR) is 89.4 cm³/mol. The van der Waals surface area contributed by atoms with Gasteiger partial charge in [0, 0.05) is 49.4 Å². The number of nitrogens with zero attached hydrogens (tertiary/aromatic N) is 3. The first-order valence-corrected chi connectivity index (χ1v) is 9.11. The minimum atomic E-state index is -0.140. The molecular weight excluding hydrogens is 310 g/mol. The van der Waals surface area contributed by atoms with Crippen LogP contribution < -0.4 is 0 Å². The summed E-state index contributed by atoms with van der Waals surface area (Å²) >= 11 is 1.82. The molecule has 23 heavy (non-hydrogen) atoms. The van der Waals surface area contributed by atoms with Crippen LogP contribution in [0, 0.1) is 5.92 Å². The van der Waals surface area contributed by atoms with Gasteiger partial charge in [-0.05, 0) is 17.9 Å². The lowest BCUT2D eigenvalue weighted by Gasteiger charge is -2.31. The summed E-state index contributed by atoms with van der Waals surface area (Å²) < 4.78 is 14.3. The lowest BCUT2D eigenvalue weighted by atomic mass is 9.94. The van der Waals surface area contributed by atoms with Gasteiger partial charge in [0.2, 0.25) is 0 Å². The van der Waals surface area contributed by atoms with Crippen LogP contribution in [0.1, 0.15) is 11.3 Å². The number of aromatic nitrogens is 2. The summed E-state index contributed by atoms with van der Waals surface area (Å²) in [6.07, 6.45) is 6.81. The second-order valence-corrected chi connectivity index (χ2v) is 7.70. The monoisotopic (exact) mass is 333 g/mol. The van der Waals surface area contributed by atoms with Crippen LogP contribution in [0.25, 0.3) is 0 Å². The molecule has 5 nitrogen and oxygen atoms in total. The molecule has 4 rings (SSSR count). The van der Waals surface area contributed by atoms with Crippen LogP contribution in [0.15, 0.2) is 36.2 Å². The predicted octanol–water partition coefficient (Wildman–Crippen LogP) is 2.25. The molecule has 0 unspecified atom stereocenters. The lowest BCUT2D eigenvalue weighted by Crippen LogP contribution is -2.43. The zero-order valence-electron chi connectivity index (χ0n) is 13.3. The van der Waals surface area contributed by atoms with E-state index in [2.05, 4.69) is 32.0 Å². The largest absolute Gasteiger partial charge is 0.377 e. The Kier molecular flexibility index (Phi) is 4.48. The van der Waals surface area contributed by atoms with Gasteiger partial charge in [-0.2, -0.15) is 0 Å². The van der Waals surface area contributed by atoms with Gasteiger partial charge in [0.05, 0.1) is 26.1 Å². The second-order valence-electron chi connectivity index (χ2n) is 6.67.